The van der Waals surface area contributed by atoms with Gasteiger partial charge in [0.15, 0.2) is 0 Å². The number of rotatable bonds is 8. The third-order valence-electron chi connectivity index (χ3n) is 3.26. The van der Waals surface area contributed by atoms with Gasteiger partial charge in [-0.2, -0.15) is 0 Å². The van der Waals surface area contributed by atoms with Crippen LogP contribution >= 0.6 is 0 Å². The highest BCUT2D eigenvalue weighted by molar-refractivity contribution is 5.95. The molecule has 0 radical (unpaired) electrons. The molecule has 0 unspecified atom stereocenters. The fraction of sp³-hybridized carbons (Fsp3) is 0.706. The zero-order chi connectivity index (χ0) is 13.9. The highest BCUT2D eigenvalue weighted by Crippen LogP contribution is 2.29. The van der Waals surface area contributed by atoms with Gasteiger partial charge in [0.1, 0.15) is 0 Å². The molecule has 0 saturated carbocycles. The number of carbonyl (C=O) groups is 1. The van der Waals surface area contributed by atoms with E-state index in [1.54, 1.807) is 6.92 Å². The number of epoxide rings is 1. The van der Waals surface area contributed by atoms with Crippen LogP contribution in [0.4, 0.5) is 0 Å². The van der Waals surface area contributed by atoms with E-state index in [1.165, 1.54) is 32.1 Å². The standard InChI is InChI=1S/C17H24O2/c1-3-5-6-7-10-13-16-17(19-16)14-11-8-9-12-15(18)4-2/h16-17H,3-7,10,13-14H2,1-2H3/t16-,17+/m1/s1. The van der Waals surface area contributed by atoms with Gasteiger partial charge in [-0.1, -0.05) is 51.9 Å². The molecule has 2 atom stereocenters. The minimum Gasteiger partial charge on any atom is -0.369 e. The fourth-order valence-corrected chi connectivity index (χ4v) is 1.95. The Bertz CT molecular complexity index is 389. The van der Waals surface area contributed by atoms with Crippen molar-refractivity contribution in [1.29, 1.82) is 0 Å². The molecule has 0 bridgehead atoms. The molecule has 1 aliphatic heterocycles. The molecule has 0 aromatic rings. The molecule has 2 nitrogen and oxygen atoms in total. The SMILES string of the molecule is CCCCCCC[C@H]1O[C@H]1CC#CC#CC(=O)CC. The molecule has 1 rings (SSSR count). The Morgan fingerprint density at radius 2 is 1.84 bits per heavy atom. The number of ether oxygens (including phenoxy) is 1. The van der Waals surface area contributed by atoms with Crippen LogP contribution in [-0.4, -0.2) is 18.0 Å². The summed E-state index contributed by atoms with van der Waals surface area (Å²) in [4.78, 5) is 10.9. The monoisotopic (exact) mass is 260 g/mol. The lowest BCUT2D eigenvalue weighted by atomic mass is 10.1. The van der Waals surface area contributed by atoms with Gasteiger partial charge in [0.2, 0.25) is 5.78 Å². The van der Waals surface area contributed by atoms with Crippen molar-refractivity contribution in [3.63, 3.8) is 0 Å². The maximum Gasteiger partial charge on any atom is 0.206 e. The summed E-state index contributed by atoms with van der Waals surface area (Å²) in [5.41, 5.74) is 0. The van der Waals surface area contributed by atoms with Crippen molar-refractivity contribution in [3.05, 3.63) is 0 Å². The third-order valence-corrected chi connectivity index (χ3v) is 3.26. The zero-order valence-corrected chi connectivity index (χ0v) is 12.1. The lowest BCUT2D eigenvalue weighted by Crippen LogP contribution is -1.93. The summed E-state index contributed by atoms with van der Waals surface area (Å²) in [7, 11) is 0. The van der Waals surface area contributed by atoms with Gasteiger partial charge in [-0.15, -0.1) is 0 Å². The summed E-state index contributed by atoms with van der Waals surface area (Å²) >= 11 is 0. The first-order valence-corrected chi connectivity index (χ1v) is 7.45. The first kappa shape index (κ1) is 15.8. The number of carbonyl (C=O) groups excluding carboxylic acids is 1. The number of hydrogen-bond donors (Lipinski definition) is 0. The van der Waals surface area contributed by atoms with Crippen LogP contribution in [0.15, 0.2) is 0 Å². The van der Waals surface area contributed by atoms with E-state index >= 15 is 0 Å². The Balaban J connectivity index is 2.03. The minimum absolute atomic E-state index is 0.0538. The van der Waals surface area contributed by atoms with E-state index in [0.717, 1.165) is 12.8 Å². The average Bonchev–Trinajstić information content (AvgIpc) is 3.16. The summed E-state index contributed by atoms with van der Waals surface area (Å²) < 4.78 is 5.55. The van der Waals surface area contributed by atoms with Crippen LogP contribution in [0, 0.1) is 23.7 Å². The van der Waals surface area contributed by atoms with E-state index in [1.807, 2.05) is 0 Å². The predicted molar refractivity (Wildman–Crippen MR) is 77.5 cm³/mol. The fourth-order valence-electron chi connectivity index (χ4n) is 1.95. The van der Waals surface area contributed by atoms with Gasteiger partial charge < -0.3 is 4.74 Å². The number of ketones is 1. The molecule has 0 aromatic heterocycles. The quantitative estimate of drug-likeness (QED) is 0.289. The Kier molecular flexibility index (Phi) is 8.03. The topological polar surface area (TPSA) is 29.6 Å². The average molecular weight is 260 g/mol. The second-order valence-corrected chi connectivity index (χ2v) is 4.95. The highest BCUT2D eigenvalue weighted by atomic mass is 16.6. The Morgan fingerprint density at radius 1 is 1.05 bits per heavy atom. The molecule has 0 spiro atoms. The number of hydrogen-bond acceptors (Lipinski definition) is 2. The van der Waals surface area contributed by atoms with E-state index in [-0.39, 0.29) is 5.78 Å². The minimum atomic E-state index is -0.0538. The van der Waals surface area contributed by atoms with Crippen molar-refractivity contribution in [2.45, 2.75) is 77.4 Å². The first-order valence-electron chi connectivity index (χ1n) is 7.45. The Hall–Kier alpha value is -1.25. The second-order valence-electron chi connectivity index (χ2n) is 4.95. The van der Waals surface area contributed by atoms with Crippen molar-refractivity contribution in [1.82, 2.24) is 0 Å². The first-order chi connectivity index (χ1) is 9.27. The summed E-state index contributed by atoms with van der Waals surface area (Å²) in [5, 5.41) is 0. The Morgan fingerprint density at radius 3 is 2.58 bits per heavy atom. The molecule has 0 aromatic carbocycles. The maximum absolute atomic E-state index is 10.9. The van der Waals surface area contributed by atoms with Crippen molar-refractivity contribution in [2.75, 3.05) is 0 Å². The molecular formula is C17H24O2. The van der Waals surface area contributed by atoms with Crippen LogP contribution in [0.2, 0.25) is 0 Å². The van der Waals surface area contributed by atoms with E-state index in [0.29, 0.717) is 18.6 Å². The van der Waals surface area contributed by atoms with Crippen LogP contribution in [0.5, 0.6) is 0 Å². The van der Waals surface area contributed by atoms with Gasteiger partial charge in [0.25, 0.3) is 0 Å². The molecule has 19 heavy (non-hydrogen) atoms. The number of unbranched alkanes of at least 4 members (excludes halogenated alkanes) is 4. The van der Waals surface area contributed by atoms with Crippen molar-refractivity contribution >= 4 is 5.78 Å². The van der Waals surface area contributed by atoms with Crippen molar-refractivity contribution in [2.24, 2.45) is 0 Å². The lowest BCUT2D eigenvalue weighted by Gasteiger charge is -1.96. The molecular weight excluding hydrogens is 236 g/mol. The van der Waals surface area contributed by atoms with Crippen LogP contribution in [0.1, 0.15) is 65.2 Å². The maximum atomic E-state index is 10.9. The Labute approximate surface area is 117 Å². The predicted octanol–water partition coefficient (Wildman–Crippen LogP) is 3.49. The van der Waals surface area contributed by atoms with Crippen LogP contribution < -0.4 is 0 Å². The molecule has 0 N–H and O–H groups in total. The molecule has 104 valence electrons. The van der Waals surface area contributed by atoms with Gasteiger partial charge in [-0.3, -0.25) is 4.79 Å². The van der Waals surface area contributed by atoms with Gasteiger partial charge in [0.05, 0.1) is 12.2 Å². The van der Waals surface area contributed by atoms with Crippen LogP contribution in [0.3, 0.4) is 0 Å². The molecule has 1 fully saturated rings. The molecule has 1 aliphatic rings. The smallest absolute Gasteiger partial charge is 0.206 e. The normalized spacial score (nSPS) is 19.9. The summed E-state index contributed by atoms with van der Waals surface area (Å²) in [6, 6.07) is 0. The summed E-state index contributed by atoms with van der Waals surface area (Å²) in [6.07, 6.45) is 9.65. The molecule has 0 amide bonds. The summed E-state index contributed by atoms with van der Waals surface area (Å²) in [6.45, 7) is 4.03. The van der Waals surface area contributed by atoms with Crippen LogP contribution in [0.25, 0.3) is 0 Å². The van der Waals surface area contributed by atoms with E-state index in [2.05, 4.69) is 30.6 Å². The van der Waals surface area contributed by atoms with Gasteiger partial charge >= 0.3 is 0 Å². The second kappa shape index (κ2) is 9.65. The van der Waals surface area contributed by atoms with E-state index in [9.17, 15) is 4.79 Å². The molecule has 0 aliphatic carbocycles. The van der Waals surface area contributed by atoms with Gasteiger partial charge in [0, 0.05) is 12.8 Å². The van der Waals surface area contributed by atoms with Crippen LogP contribution in [-0.2, 0) is 9.53 Å². The molecule has 2 heteroatoms. The van der Waals surface area contributed by atoms with Gasteiger partial charge in [-0.25, -0.2) is 0 Å². The molecule has 1 heterocycles. The van der Waals surface area contributed by atoms with Gasteiger partial charge in [-0.05, 0) is 24.2 Å². The van der Waals surface area contributed by atoms with E-state index in [4.69, 9.17) is 4.74 Å². The van der Waals surface area contributed by atoms with E-state index < -0.39 is 0 Å². The molecule has 1 saturated heterocycles. The summed E-state index contributed by atoms with van der Waals surface area (Å²) in [5.74, 6) is 10.7. The lowest BCUT2D eigenvalue weighted by molar-refractivity contribution is -0.113. The number of Topliss-reactive ketones (excluding diaryl/α,β-unsaturated/α-hetero) is 1. The largest absolute Gasteiger partial charge is 0.369 e. The van der Waals surface area contributed by atoms with Crippen molar-refractivity contribution < 1.29 is 9.53 Å². The van der Waals surface area contributed by atoms with Crippen molar-refractivity contribution in [3.8, 4) is 23.7 Å². The third kappa shape index (κ3) is 7.70. The zero-order valence-electron chi connectivity index (χ0n) is 12.1. The highest BCUT2D eigenvalue weighted by Gasteiger charge is 2.36.